The quantitative estimate of drug-likeness (QED) is 0.713. The molecular formula is C11H15N3O2. The van der Waals surface area contributed by atoms with Crippen molar-refractivity contribution < 1.29 is 9.53 Å². The first-order chi connectivity index (χ1) is 7.70. The summed E-state index contributed by atoms with van der Waals surface area (Å²) in [6.45, 7) is 0.984. The van der Waals surface area contributed by atoms with E-state index in [1.165, 1.54) is 26.3 Å². The predicted octanol–water partition coefficient (Wildman–Crippen LogP) is 1.11. The van der Waals surface area contributed by atoms with Crippen molar-refractivity contribution in [2.75, 3.05) is 25.6 Å². The molecule has 2 rings (SSSR count). The van der Waals surface area contributed by atoms with Crippen LogP contribution in [0.2, 0.25) is 0 Å². The monoisotopic (exact) mass is 221 g/mol. The van der Waals surface area contributed by atoms with Gasteiger partial charge in [-0.25, -0.2) is 14.8 Å². The standard InChI is InChI=1S/C11H15N3O2/c1-14(6-8-3-4-8)10-5-9(11(15)16-2)12-7-13-10/h5,7-8H,3-4,6H2,1-2H3. The predicted molar refractivity (Wildman–Crippen MR) is 59.4 cm³/mol. The number of aromatic nitrogens is 2. The zero-order valence-corrected chi connectivity index (χ0v) is 9.51. The zero-order chi connectivity index (χ0) is 11.5. The van der Waals surface area contributed by atoms with E-state index < -0.39 is 5.97 Å². The third kappa shape index (κ3) is 2.48. The molecule has 0 atom stereocenters. The highest BCUT2D eigenvalue weighted by Crippen LogP contribution is 2.30. The third-order valence-corrected chi connectivity index (χ3v) is 2.67. The Morgan fingerprint density at radius 1 is 1.56 bits per heavy atom. The maximum atomic E-state index is 11.3. The maximum Gasteiger partial charge on any atom is 0.356 e. The van der Waals surface area contributed by atoms with Gasteiger partial charge in [0.15, 0.2) is 5.69 Å². The number of ether oxygens (including phenoxy) is 1. The lowest BCUT2D eigenvalue weighted by molar-refractivity contribution is 0.0594. The Kier molecular flexibility index (Phi) is 3.03. The number of hydrogen-bond donors (Lipinski definition) is 0. The molecule has 1 heterocycles. The second-order valence-electron chi connectivity index (χ2n) is 4.08. The molecule has 0 aromatic carbocycles. The Hall–Kier alpha value is -1.65. The summed E-state index contributed by atoms with van der Waals surface area (Å²) < 4.78 is 4.62. The summed E-state index contributed by atoms with van der Waals surface area (Å²) in [6, 6.07) is 1.66. The van der Waals surface area contributed by atoms with E-state index in [-0.39, 0.29) is 0 Å². The molecule has 1 aromatic heterocycles. The first kappa shape index (κ1) is 10.9. The SMILES string of the molecule is COC(=O)c1cc(N(C)CC2CC2)ncn1. The molecule has 1 aromatic rings. The summed E-state index contributed by atoms with van der Waals surface area (Å²) in [5, 5.41) is 0. The third-order valence-electron chi connectivity index (χ3n) is 2.67. The Labute approximate surface area is 94.5 Å². The second kappa shape index (κ2) is 4.47. The average Bonchev–Trinajstić information content (AvgIpc) is 3.12. The number of carbonyl (C=O) groups is 1. The molecule has 0 bridgehead atoms. The Morgan fingerprint density at radius 3 is 2.94 bits per heavy atom. The highest BCUT2D eigenvalue weighted by atomic mass is 16.5. The first-order valence-electron chi connectivity index (χ1n) is 5.32. The lowest BCUT2D eigenvalue weighted by Crippen LogP contribution is -2.21. The van der Waals surface area contributed by atoms with Crippen LogP contribution in [0.5, 0.6) is 0 Å². The van der Waals surface area contributed by atoms with Gasteiger partial charge in [-0.3, -0.25) is 0 Å². The molecule has 0 spiro atoms. The molecule has 86 valence electrons. The normalized spacial score (nSPS) is 14.6. The molecular weight excluding hydrogens is 206 g/mol. The molecule has 5 nitrogen and oxygen atoms in total. The van der Waals surface area contributed by atoms with Crippen molar-refractivity contribution >= 4 is 11.8 Å². The van der Waals surface area contributed by atoms with E-state index in [1.807, 2.05) is 11.9 Å². The van der Waals surface area contributed by atoms with Crippen molar-refractivity contribution in [1.82, 2.24) is 9.97 Å². The van der Waals surface area contributed by atoms with Gasteiger partial charge in [0.1, 0.15) is 12.1 Å². The van der Waals surface area contributed by atoms with Gasteiger partial charge < -0.3 is 9.64 Å². The molecule has 16 heavy (non-hydrogen) atoms. The van der Waals surface area contributed by atoms with Crippen LogP contribution in [0.3, 0.4) is 0 Å². The fourth-order valence-corrected chi connectivity index (χ4v) is 1.55. The van der Waals surface area contributed by atoms with Gasteiger partial charge >= 0.3 is 5.97 Å². The van der Waals surface area contributed by atoms with Gasteiger partial charge in [0.25, 0.3) is 0 Å². The number of nitrogens with zero attached hydrogens (tertiary/aromatic N) is 3. The van der Waals surface area contributed by atoms with E-state index in [2.05, 4.69) is 14.7 Å². The first-order valence-corrected chi connectivity index (χ1v) is 5.32. The summed E-state index contributed by atoms with van der Waals surface area (Å²) in [4.78, 5) is 21.4. The van der Waals surface area contributed by atoms with Gasteiger partial charge in [-0.1, -0.05) is 0 Å². The number of rotatable bonds is 4. The molecule has 1 aliphatic rings. The van der Waals surface area contributed by atoms with Gasteiger partial charge in [-0.15, -0.1) is 0 Å². The molecule has 0 amide bonds. The lowest BCUT2D eigenvalue weighted by Gasteiger charge is -2.17. The summed E-state index contributed by atoms with van der Waals surface area (Å²) in [5.41, 5.74) is 0.301. The van der Waals surface area contributed by atoms with E-state index in [4.69, 9.17) is 0 Å². The van der Waals surface area contributed by atoms with Gasteiger partial charge in [0.2, 0.25) is 0 Å². The average molecular weight is 221 g/mol. The molecule has 5 heteroatoms. The van der Waals surface area contributed by atoms with Crippen LogP contribution >= 0.6 is 0 Å². The Balaban J connectivity index is 2.10. The Morgan fingerprint density at radius 2 is 2.31 bits per heavy atom. The highest BCUT2D eigenvalue weighted by Gasteiger charge is 2.23. The van der Waals surface area contributed by atoms with Crippen molar-refractivity contribution in [2.24, 2.45) is 5.92 Å². The van der Waals surface area contributed by atoms with E-state index in [0.29, 0.717) is 5.69 Å². The number of methoxy groups -OCH3 is 1. The molecule has 0 N–H and O–H groups in total. The van der Waals surface area contributed by atoms with E-state index in [9.17, 15) is 4.79 Å². The number of anilines is 1. The summed E-state index contributed by atoms with van der Waals surface area (Å²) in [5.74, 6) is 1.12. The van der Waals surface area contributed by atoms with Gasteiger partial charge in [0.05, 0.1) is 7.11 Å². The zero-order valence-electron chi connectivity index (χ0n) is 9.51. The van der Waals surface area contributed by atoms with Crippen LogP contribution in [0, 0.1) is 5.92 Å². The van der Waals surface area contributed by atoms with Crippen LogP contribution in [-0.2, 0) is 4.74 Å². The largest absolute Gasteiger partial charge is 0.464 e. The van der Waals surface area contributed by atoms with E-state index in [1.54, 1.807) is 6.07 Å². The fourth-order valence-electron chi connectivity index (χ4n) is 1.55. The second-order valence-corrected chi connectivity index (χ2v) is 4.08. The number of hydrogen-bond acceptors (Lipinski definition) is 5. The van der Waals surface area contributed by atoms with E-state index in [0.717, 1.165) is 18.3 Å². The van der Waals surface area contributed by atoms with Crippen molar-refractivity contribution in [2.45, 2.75) is 12.8 Å². The molecule has 0 saturated heterocycles. The lowest BCUT2D eigenvalue weighted by atomic mass is 10.3. The van der Waals surface area contributed by atoms with Crippen LogP contribution in [0.15, 0.2) is 12.4 Å². The summed E-state index contributed by atoms with van der Waals surface area (Å²) in [6.07, 6.45) is 3.98. The summed E-state index contributed by atoms with van der Waals surface area (Å²) in [7, 11) is 3.32. The van der Waals surface area contributed by atoms with Crippen LogP contribution in [0.4, 0.5) is 5.82 Å². The smallest absolute Gasteiger partial charge is 0.356 e. The topological polar surface area (TPSA) is 55.3 Å². The molecule has 0 radical (unpaired) electrons. The molecule has 1 fully saturated rings. The number of esters is 1. The van der Waals surface area contributed by atoms with Crippen molar-refractivity contribution in [3.63, 3.8) is 0 Å². The number of carbonyl (C=O) groups excluding carboxylic acids is 1. The van der Waals surface area contributed by atoms with Crippen molar-refractivity contribution in [3.8, 4) is 0 Å². The van der Waals surface area contributed by atoms with Gasteiger partial charge in [0, 0.05) is 19.7 Å². The van der Waals surface area contributed by atoms with Crippen LogP contribution in [0.25, 0.3) is 0 Å². The van der Waals surface area contributed by atoms with Crippen molar-refractivity contribution in [1.29, 1.82) is 0 Å². The van der Waals surface area contributed by atoms with Gasteiger partial charge in [-0.2, -0.15) is 0 Å². The highest BCUT2D eigenvalue weighted by molar-refractivity contribution is 5.87. The van der Waals surface area contributed by atoms with Gasteiger partial charge in [-0.05, 0) is 18.8 Å². The maximum absolute atomic E-state index is 11.3. The minimum atomic E-state index is -0.427. The Bertz CT molecular complexity index is 391. The minimum absolute atomic E-state index is 0.301. The molecule has 1 aliphatic carbocycles. The minimum Gasteiger partial charge on any atom is -0.464 e. The molecule has 0 unspecified atom stereocenters. The molecule has 1 saturated carbocycles. The molecule has 0 aliphatic heterocycles. The fraction of sp³-hybridized carbons (Fsp3) is 0.545. The van der Waals surface area contributed by atoms with Crippen LogP contribution in [-0.4, -0.2) is 36.6 Å². The van der Waals surface area contributed by atoms with Crippen LogP contribution in [0.1, 0.15) is 23.3 Å². The van der Waals surface area contributed by atoms with E-state index >= 15 is 0 Å². The van der Waals surface area contributed by atoms with Crippen LogP contribution < -0.4 is 4.90 Å². The van der Waals surface area contributed by atoms with Crippen molar-refractivity contribution in [3.05, 3.63) is 18.1 Å². The summed E-state index contributed by atoms with van der Waals surface area (Å²) >= 11 is 0.